The molecule has 0 aromatic rings. The molecular formula is C8H18SSn. The summed E-state index contributed by atoms with van der Waals surface area (Å²) in [5.41, 5.74) is 0. The van der Waals surface area contributed by atoms with E-state index in [1.54, 1.807) is 0 Å². The molecule has 0 aromatic carbocycles. The van der Waals surface area contributed by atoms with Gasteiger partial charge in [-0.05, 0) is 0 Å². The van der Waals surface area contributed by atoms with Crippen molar-refractivity contribution in [3.8, 4) is 0 Å². The molecule has 60 valence electrons. The van der Waals surface area contributed by atoms with E-state index in [9.17, 15) is 0 Å². The minimum atomic E-state index is -0.470. The molecule has 0 spiro atoms. The van der Waals surface area contributed by atoms with Gasteiger partial charge in [0.1, 0.15) is 0 Å². The zero-order valence-corrected chi connectivity index (χ0v) is 11.2. The van der Waals surface area contributed by atoms with Crippen LogP contribution < -0.4 is 0 Å². The second-order valence-electron chi connectivity index (χ2n) is 2.82. The maximum absolute atomic E-state index is 5.13. The molecule has 0 saturated carbocycles. The maximum atomic E-state index is 5.13. The summed E-state index contributed by atoms with van der Waals surface area (Å²) in [6, 6.07) is 0. The van der Waals surface area contributed by atoms with Crippen molar-refractivity contribution < 1.29 is 0 Å². The van der Waals surface area contributed by atoms with E-state index in [0.717, 1.165) is 5.92 Å². The SMILES string of the molecule is CCCCC(CC)[CH2][SnH]=[S]. The van der Waals surface area contributed by atoms with E-state index in [1.165, 1.54) is 30.1 Å². The van der Waals surface area contributed by atoms with Crippen molar-refractivity contribution in [2.75, 3.05) is 0 Å². The number of hydrogen-bond acceptors (Lipinski definition) is 1. The Morgan fingerprint density at radius 3 is 2.50 bits per heavy atom. The van der Waals surface area contributed by atoms with Crippen LogP contribution in [0.5, 0.6) is 0 Å². The van der Waals surface area contributed by atoms with Crippen molar-refractivity contribution in [1.29, 1.82) is 0 Å². The molecule has 2 heteroatoms. The average Bonchev–Trinajstić information content (AvgIpc) is 1.98. The van der Waals surface area contributed by atoms with Gasteiger partial charge in [-0.1, -0.05) is 0 Å². The van der Waals surface area contributed by atoms with Crippen molar-refractivity contribution in [3.05, 3.63) is 0 Å². The van der Waals surface area contributed by atoms with Gasteiger partial charge in [0.2, 0.25) is 0 Å². The van der Waals surface area contributed by atoms with Gasteiger partial charge in [-0.25, -0.2) is 0 Å². The third kappa shape index (κ3) is 5.78. The number of rotatable bonds is 6. The number of hydrogen-bond donors (Lipinski definition) is 0. The first-order valence-corrected chi connectivity index (χ1v) is 11.1. The molecule has 0 heterocycles. The van der Waals surface area contributed by atoms with Crippen LogP contribution in [0.4, 0.5) is 0 Å². The van der Waals surface area contributed by atoms with Crippen LogP contribution in [-0.2, 0) is 0 Å². The Hall–Kier alpha value is 1.02. The Kier molecular flexibility index (Phi) is 8.95. The molecule has 1 atom stereocenters. The molecule has 10 heavy (non-hydrogen) atoms. The van der Waals surface area contributed by atoms with Crippen molar-refractivity contribution in [1.82, 2.24) is 0 Å². The topological polar surface area (TPSA) is 0 Å². The Morgan fingerprint density at radius 2 is 2.10 bits per heavy atom. The Labute approximate surface area is 78.2 Å². The molecule has 0 nitrogen and oxygen atoms in total. The van der Waals surface area contributed by atoms with Crippen molar-refractivity contribution in [2.45, 2.75) is 44.0 Å². The minimum absolute atomic E-state index is 0.470. The summed E-state index contributed by atoms with van der Waals surface area (Å²) in [7, 11) is 5.13. The summed E-state index contributed by atoms with van der Waals surface area (Å²) in [6.07, 6.45) is 5.57. The van der Waals surface area contributed by atoms with E-state index in [4.69, 9.17) is 9.29 Å². The third-order valence-electron chi connectivity index (χ3n) is 1.97. The van der Waals surface area contributed by atoms with Gasteiger partial charge in [-0.3, -0.25) is 0 Å². The van der Waals surface area contributed by atoms with Crippen LogP contribution in [-0.4, -0.2) is 19.2 Å². The first kappa shape index (κ1) is 11.0. The van der Waals surface area contributed by atoms with E-state index < -0.39 is 19.2 Å². The molecule has 0 aliphatic heterocycles. The van der Waals surface area contributed by atoms with Crippen LogP contribution in [0, 0.1) is 5.92 Å². The fourth-order valence-corrected chi connectivity index (χ4v) is 5.34. The molecule has 0 bridgehead atoms. The van der Waals surface area contributed by atoms with Gasteiger partial charge >= 0.3 is 78.4 Å². The molecule has 0 aliphatic carbocycles. The molecule has 0 rings (SSSR count). The van der Waals surface area contributed by atoms with Crippen LogP contribution in [0.1, 0.15) is 39.5 Å². The molecule has 0 radical (unpaired) electrons. The van der Waals surface area contributed by atoms with Gasteiger partial charge in [0, 0.05) is 0 Å². The summed E-state index contributed by atoms with van der Waals surface area (Å²) < 4.78 is 1.45. The molecule has 0 amide bonds. The van der Waals surface area contributed by atoms with E-state index in [-0.39, 0.29) is 0 Å². The summed E-state index contributed by atoms with van der Waals surface area (Å²) in [6.45, 7) is 4.57. The van der Waals surface area contributed by atoms with E-state index in [1.807, 2.05) is 0 Å². The van der Waals surface area contributed by atoms with Crippen LogP contribution in [0.25, 0.3) is 0 Å². The van der Waals surface area contributed by atoms with Gasteiger partial charge in [-0.15, -0.1) is 0 Å². The monoisotopic (exact) mass is 266 g/mol. The molecule has 0 aromatic heterocycles. The van der Waals surface area contributed by atoms with Gasteiger partial charge in [0.15, 0.2) is 0 Å². The number of unbranched alkanes of at least 4 members (excludes halogenated alkanes) is 1. The van der Waals surface area contributed by atoms with Crippen LogP contribution in [0.2, 0.25) is 4.44 Å². The second kappa shape index (κ2) is 8.12. The molecule has 1 unspecified atom stereocenters. The standard InChI is InChI=1S/C8H17.S.Sn.H/c1-4-6-7-8(3)5-2;;;/h8H,3-7H2,1-2H3;;;. The van der Waals surface area contributed by atoms with Crippen LogP contribution in [0.3, 0.4) is 0 Å². The van der Waals surface area contributed by atoms with E-state index >= 15 is 0 Å². The normalized spacial score (nSPS) is 13.0. The van der Waals surface area contributed by atoms with Crippen molar-refractivity contribution >= 4 is 28.5 Å². The first-order chi connectivity index (χ1) is 4.85. The molecule has 0 N–H and O–H groups in total. The molecular weight excluding hydrogens is 247 g/mol. The second-order valence-corrected chi connectivity index (χ2v) is 7.35. The molecule has 0 aliphatic rings. The van der Waals surface area contributed by atoms with Crippen molar-refractivity contribution in [2.24, 2.45) is 5.92 Å². The Morgan fingerprint density at radius 1 is 1.40 bits per heavy atom. The zero-order chi connectivity index (χ0) is 7.82. The fraction of sp³-hybridized carbons (Fsp3) is 1.00. The zero-order valence-electron chi connectivity index (χ0n) is 7.10. The van der Waals surface area contributed by atoms with E-state index in [2.05, 4.69) is 13.8 Å². The molecule has 0 saturated heterocycles. The van der Waals surface area contributed by atoms with Crippen LogP contribution >= 0.6 is 9.29 Å². The third-order valence-corrected chi connectivity index (χ3v) is 5.72. The predicted molar refractivity (Wildman–Crippen MR) is 52.9 cm³/mol. The Bertz CT molecular complexity index is 83.3. The van der Waals surface area contributed by atoms with Crippen LogP contribution in [0.15, 0.2) is 0 Å². The average molecular weight is 265 g/mol. The van der Waals surface area contributed by atoms with Crippen molar-refractivity contribution in [3.63, 3.8) is 0 Å². The summed E-state index contributed by atoms with van der Waals surface area (Å²) >= 11 is -0.470. The molecule has 0 fully saturated rings. The van der Waals surface area contributed by atoms with E-state index in [0.29, 0.717) is 0 Å². The van der Waals surface area contributed by atoms with Gasteiger partial charge in [0.05, 0.1) is 0 Å². The first-order valence-electron chi connectivity index (χ1n) is 4.28. The van der Waals surface area contributed by atoms with Gasteiger partial charge in [0.25, 0.3) is 0 Å². The Balaban J connectivity index is 3.29. The quantitative estimate of drug-likeness (QED) is 0.664. The summed E-state index contributed by atoms with van der Waals surface area (Å²) in [5.74, 6) is 0.999. The fourth-order valence-electron chi connectivity index (χ4n) is 1.12. The predicted octanol–water partition coefficient (Wildman–Crippen LogP) is 3.17. The van der Waals surface area contributed by atoms with Gasteiger partial charge < -0.3 is 0 Å². The summed E-state index contributed by atoms with van der Waals surface area (Å²) in [4.78, 5) is 0. The van der Waals surface area contributed by atoms with Gasteiger partial charge in [-0.2, -0.15) is 0 Å². The summed E-state index contributed by atoms with van der Waals surface area (Å²) in [5, 5.41) is 0.